The highest BCUT2D eigenvalue weighted by Crippen LogP contribution is 2.45. The molecular weight excluding hydrogens is 470 g/mol. The molecule has 0 unspecified atom stereocenters. The second-order valence-corrected chi connectivity index (χ2v) is 16.2. The van der Waals surface area contributed by atoms with Crippen LogP contribution in [-0.4, -0.2) is 54.7 Å². The number of allylic oxidation sites excluding steroid dienone is 1. The molecule has 2 aliphatic rings. The molecule has 9 heteroatoms. The van der Waals surface area contributed by atoms with E-state index >= 15 is 0 Å². The van der Waals surface area contributed by atoms with Crippen molar-refractivity contribution in [1.29, 1.82) is 0 Å². The fourth-order valence-corrected chi connectivity index (χ4v) is 6.71. The highest BCUT2D eigenvalue weighted by atomic mass is 32.2. The highest BCUT2D eigenvalue weighted by Gasteiger charge is 2.59. The van der Waals surface area contributed by atoms with Crippen molar-refractivity contribution in [2.45, 2.75) is 69.3 Å². The molecule has 0 saturated carbocycles. The molecule has 1 saturated heterocycles. The van der Waals surface area contributed by atoms with Crippen LogP contribution in [0.4, 0.5) is 0 Å². The number of carbonyl (C=O) groups is 4. The minimum absolute atomic E-state index is 0.0672. The first kappa shape index (κ1) is 26.4. The summed E-state index contributed by atoms with van der Waals surface area (Å²) >= 11 is 1.53. The summed E-state index contributed by atoms with van der Waals surface area (Å²) in [5.74, 6) is -3.29. The number of hydroxylamine groups is 2. The average molecular weight is 504 g/mol. The first-order chi connectivity index (χ1) is 15.8. The molecule has 1 aromatic rings. The second kappa shape index (κ2) is 9.79. The van der Waals surface area contributed by atoms with Crippen LogP contribution in [-0.2, 0) is 23.6 Å². The Morgan fingerprint density at radius 2 is 1.91 bits per heavy atom. The van der Waals surface area contributed by atoms with Crippen molar-refractivity contribution in [2.75, 3.05) is 5.75 Å². The number of carbonyl (C=O) groups excluding carboxylic acids is 4. The van der Waals surface area contributed by atoms with E-state index in [4.69, 9.17) is 9.26 Å². The lowest BCUT2D eigenvalue weighted by atomic mass is 9.75. The van der Waals surface area contributed by atoms with Gasteiger partial charge in [-0.2, -0.15) is 5.06 Å². The van der Waals surface area contributed by atoms with Gasteiger partial charge in [0.1, 0.15) is 0 Å². The largest absolute Gasteiger partial charge is 0.413 e. The van der Waals surface area contributed by atoms with Gasteiger partial charge in [-0.3, -0.25) is 14.4 Å². The van der Waals surface area contributed by atoms with E-state index in [0.29, 0.717) is 11.3 Å². The highest BCUT2D eigenvalue weighted by molar-refractivity contribution is 7.99. The molecule has 0 aliphatic carbocycles. The quantitative estimate of drug-likeness (QED) is 0.224. The predicted octanol–water partition coefficient (Wildman–Crippen LogP) is 4.43. The fourth-order valence-electron chi connectivity index (χ4n) is 4.08. The molecule has 0 N–H and O–H groups in total. The van der Waals surface area contributed by atoms with Crippen LogP contribution in [0.15, 0.2) is 41.8 Å². The van der Waals surface area contributed by atoms with Gasteiger partial charge in [0.25, 0.3) is 5.91 Å². The average Bonchev–Trinajstić information content (AvgIpc) is 2.75. The molecule has 7 nitrogen and oxygen atoms in total. The Hall–Kier alpha value is -2.23. The number of fused-ring (bicyclic) bond motifs is 1. The topological polar surface area (TPSA) is 90.0 Å². The number of β-lactam (4-membered cyclic amide) rings is 1. The summed E-state index contributed by atoms with van der Waals surface area (Å²) in [4.78, 5) is 57.0. The summed E-state index contributed by atoms with van der Waals surface area (Å²) in [6.45, 7) is 15.8. The number of rotatable bonds is 8. The van der Waals surface area contributed by atoms with Gasteiger partial charge in [0.2, 0.25) is 5.78 Å². The Morgan fingerprint density at radius 3 is 2.53 bits per heavy atom. The van der Waals surface area contributed by atoms with E-state index in [1.165, 1.54) is 17.8 Å². The van der Waals surface area contributed by atoms with Gasteiger partial charge in [0, 0.05) is 22.6 Å². The summed E-state index contributed by atoms with van der Waals surface area (Å²) in [6, 6.07) is 6.64. The Morgan fingerprint density at radius 1 is 1.26 bits per heavy atom. The van der Waals surface area contributed by atoms with E-state index in [2.05, 4.69) is 40.4 Å². The molecule has 1 amide bonds. The minimum Gasteiger partial charge on any atom is -0.413 e. The monoisotopic (exact) mass is 503 g/mol. The number of amides is 1. The summed E-state index contributed by atoms with van der Waals surface area (Å²) in [6.07, 6.45) is 0.632. The maximum absolute atomic E-state index is 13.4. The fraction of sp³-hybridized carbons (Fsp3) is 0.520. The molecule has 3 rings (SSSR count). The maximum atomic E-state index is 13.4. The van der Waals surface area contributed by atoms with Gasteiger partial charge >= 0.3 is 5.97 Å². The van der Waals surface area contributed by atoms with Gasteiger partial charge in [-0.1, -0.05) is 45.0 Å². The molecule has 0 aromatic heterocycles. The Balaban J connectivity index is 1.91. The van der Waals surface area contributed by atoms with Crippen LogP contribution in [0.5, 0.6) is 0 Å². The van der Waals surface area contributed by atoms with Crippen molar-refractivity contribution in [3.63, 3.8) is 0 Å². The van der Waals surface area contributed by atoms with Gasteiger partial charge in [0.15, 0.2) is 14.1 Å². The lowest BCUT2D eigenvalue weighted by Gasteiger charge is -2.51. The standard InChI is InChI=1S/C25H33NO6SSi/c1-8-11-18(27)24(30)31-26-21(17-14-33-19-13-10-9-12-16(19)22(17)28)20(23(26)29)15(2)32-34(6,7)25(3,4)5/h8-10,12-13,15,17,20-21H,1,11,14H2,2-7H3/t15-,17-,20-,21+/m1/s1. The van der Waals surface area contributed by atoms with Crippen LogP contribution in [0.1, 0.15) is 44.5 Å². The normalized spacial score (nSPS) is 23.6. The molecule has 2 aliphatic heterocycles. The molecule has 1 fully saturated rings. The van der Waals surface area contributed by atoms with E-state index in [-0.39, 0.29) is 17.2 Å². The zero-order valence-electron chi connectivity index (χ0n) is 20.6. The van der Waals surface area contributed by atoms with Gasteiger partial charge in [-0.25, -0.2) is 4.79 Å². The van der Waals surface area contributed by atoms with Crippen molar-refractivity contribution >= 4 is 43.5 Å². The van der Waals surface area contributed by atoms with Crippen LogP contribution in [0.3, 0.4) is 0 Å². The number of thioether (sulfide) groups is 1. The van der Waals surface area contributed by atoms with Crippen molar-refractivity contribution < 1.29 is 28.4 Å². The van der Waals surface area contributed by atoms with Gasteiger partial charge < -0.3 is 9.26 Å². The van der Waals surface area contributed by atoms with Gasteiger partial charge in [0.05, 0.1) is 24.0 Å². The number of hydrogen-bond donors (Lipinski definition) is 0. The summed E-state index contributed by atoms with van der Waals surface area (Å²) in [7, 11) is -2.21. The Labute approximate surface area is 206 Å². The smallest absolute Gasteiger partial charge is 0.399 e. The minimum atomic E-state index is -2.21. The molecular formula is C25H33NO6SSi. The summed E-state index contributed by atoms with van der Waals surface area (Å²) in [5, 5.41) is 0.860. The Kier molecular flexibility index (Phi) is 7.59. The van der Waals surface area contributed by atoms with Crippen LogP contribution >= 0.6 is 11.8 Å². The zero-order valence-corrected chi connectivity index (χ0v) is 22.4. The summed E-state index contributed by atoms with van der Waals surface area (Å²) < 4.78 is 6.49. The van der Waals surface area contributed by atoms with Crippen LogP contribution in [0.2, 0.25) is 18.1 Å². The van der Waals surface area contributed by atoms with E-state index in [1.807, 2.05) is 19.1 Å². The molecule has 2 heterocycles. The number of nitrogens with zero attached hydrogens (tertiary/aromatic N) is 1. The van der Waals surface area contributed by atoms with E-state index in [1.54, 1.807) is 12.1 Å². The zero-order chi connectivity index (χ0) is 25.4. The van der Waals surface area contributed by atoms with E-state index < -0.39 is 50.0 Å². The maximum Gasteiger partial charge on any atom is 0.399 e. The molecule has 34 heavy (non-hydrogen) atoms. The van der Waals surface area contributed by atoms with Crippen molar-refractivity contribution in [3.8, 4) is 0 Å². The third-order valence-electron chi connectivity index (χ3n) is 6.99. The number of Topliss-reactive ketones (excluding diaryl/α,β-unsaturated/α-hetero) is 2. The van der Waals surface area contributed by atoms with Gasteiger partial charge in [-0.05, 0) is 31.1 Å². The predicted molar refractivity (Wildman–Crippen MR) is 133 cm³/mol. The molecule has 0 radical (unpaired) electrons. The van der Waals surface area contributed by atoms with Gasteiger partial charge in [-0.15, -0.1) is 18.3 Å². The first-order valence-corrected chi connectivity index (χ1v) is 15.3. The molecule has 0 bridgehead atoms. The van der Waals surface area contributed by atoms with Crippen molar-refractivity contribution in [2.24, 2.45) is 11.8 Å². The SMILES string of the molecule is C=CCC(=O)C(=O)ON1C(=O)[C@H]([C@@H](C)O[Si](C)(C)C(C)(C)C)[C@@H]1[C@H]1CSc2ccccc2C1=O. The van der Waals surface area contributed by atoms with Crippen molar-refractivity contribution in [1.82, 2.24) is 5.06 Å². The van der Waals surface area contributed by atoms with Crippen LogP contribution in [0, 0.1) is 11.8 Å². The molecule has 184 valence electrons. The third-order valence-corrected chi connectivity index (χ3v) is 12.8. The Bertz CT molecular complexity index is 1020. The molecule has 0 spiro atoms. The lowest BCUT2D eigenvalue weighted by Crippen LogP contribution is -2.69. The van der Waals surface area contributed by atoms with E-state index in [0.717, 1.165) is 9.96 Å². The molecule has 1 aromatic carbocycles. The first-order valence-electron chi connectivity index (χ1n) is 11.4. The third kappa shape index (κ3) is 4.92. The number of hydrogen-bond acceptors (Lipinski definition) is 7. The number of ketones is 2. The van der Waals surface area contributed by atoms with Crippen LogP contribution in [0.25, 0.3) is 0 Å². The molecule has 4 atom stereocenters. The summed E-state index contributed by atoms with van der Waals surface area (Å²) in [5.41, 5.74) is 0.592. The lowest BCUT2D eigenvalue weighted by molar-refractivity contribution is -0.247. The number of benzene rings is 1. The second-order valence-electron chi connectivity index (χ2n) is 10.3. The van der Waals surface area contributed by atoms with Crippen molar-refractivity contribution in [3.05, 3.63) is 42.5 Å². The van der Waals surface area contributed by atoms with Crippen LogP contribution < -0.4 is 0 Å². The van der Waals surface area contributed by atoms with E-state index in [9.17, 15) is 19.2 Å².